The summed E-state index contributed by atoms with van der Waals surface area (Å²) >= 11 is 0. The fourth-order valence-electron chi connectivity index (χ4n) is 10.3. The molecule has 3 aromatic rings. The van der Waals surface area contributed by atoms with Crippen LogP contribution in [0.4, 0.5) is 11.4 Å². The van der Waals surface area contributed by atoms with Crippen LogP contribution in [-0.4, -0.2) is 84.5 Å². The minimum Gasteiger partial charge on any atom is -0.508 e. The van der Waals surface area contributed by atoms with Crippen LogP contribution in [-0.2, 0) is 22.6 Å². The number of carbonyl (C=O) groups excluding carboxylic acids is 3. The highest BCUT2D eigenvalue weighted by Gasteiger charge is 2.39. The predicted octanol–water partition coefficient (Wildman–Crippen LogP) is 6.08. The van der Waals surface area contributed by atoms with Crippen molar-refractivity contribution in [1.29, 1.82) is 0 Å². The Morgan fingerprint density at radius 2 is 1.45 bits per heavy atom. The lowest BCUT2D eigenvalue weighted by Gasteiger charge is -2.40. The third-order valence-electron chi connectivity index (χ3n) is 13.6. The van der Waals surface area contributed by atoms with Gasteiger partial charge in [0.2, 0.25) is 11.8 Å². The van der Waals surface area contributed by atoms with Gasteiger partial charge in [-0.2, -0.15) is 0 Å². The third kappa shape index (κ3) is 6.93. The number of hydrogen-bond donors (Lipinski definition) is 2. The van der Waals surface area contributed by atoms with Crippen LogP contribution in [0.3, 0.4) is 0 Å². The van der Waals surface area contributed by atoms with Crippen LogP contribution in [0.2, 0.25) is 0 Å². The molecule has 3 saturated heterocycles. The quantitative estimate of drug-likeness (QED) is 0.273. The number of piperidine rings is 2. The molecule has 0 aromatic heterocycles. The number of carbonyl (C=O) groups is 3. The van der Waals surface area contributed by atoms with E-state index in [2.05, 4.69) is 62.5 Å². The molecule has 4 heterocycles. The SMILES string of the molecule is O=C1CC[C@@H](N2Cc3cc(N4CCN(CC5CCN(c6ccc([C@H]7c8ccc(O)cc8CC[C@H]7CC7CCC7)cc6)CC5)CC4)ccc3C2=O)C(=O)N1. The zero-order chi connectivity index (χ0) is 36.1. The zero-order valence-electron chi connectivity index (χ0n) is 30.8. The summed E-state index contributed by atoms with van der Waals surface area (Å²) in [5.41, 5.74) is 8.30. The molecule has 0 bridgehead atoms. The molecule has 6 aliphatic rings. The molecule has 2 aliphatic carbocycles. The second kappa shape index (κ2) is 14.5. The standard InChI is InChI=1S/C44H53N5O4/c50-37-11-13-38-32(26-37)4-5-33(24-29-2-1-3-29)42(38)31-6-8-35(9-7-31)47-18-16-30(17-19-47)27-46-20-22-48(23-21-46)36-10-12-39-34(25-36)28-49(44(39)53)40-14-15-41(51)45-43(40)52/h6-13,25-26,29-30,33,40,42,50H,1-5,14-24,27-28H2,(H,45,51,52)/t33-,40+,42+/m0/s1. The van der Waals surface area contributed by atoms with Gasteiger partial charge in [-0.15, -0.1) is 0 Å². The summed E-state index contributed by atoms with van der Waals surface area (Å²) < 4.78 is 0. The van der Waals surface area contributed by atoms with Crippen LogP contribution in [0.15, 0.2) is 60.7 Å². The zero-order valence-corrected chi connectivity index (χ0v) is 30.8. The molecule has 4 aliphatic heterocycles. The van der Waals surface area contributed by atoms with Gasteiger partial charge in [0.05, 0.1) is 0 Å². The topological polar surface area (TPSA) is 96.4 Å². The van der Waals surface area contributed by atoms with Gasteiger partial charge in [-0.25, -0.2) is 0 Å². The number of aryl methyl sites for hydroxylation is 1. The Hall–Kier alpha value is -4.37. The van der Waals surface area contributed by atoms with E-state index in [0.717, 1.165) is 69.4 Å². The highest BCUT2D eigenvalue weighted by atomic mass is 16.3. The molecule has 278 valence electrons. The summed E-state index contributed by atoms with van der Waals surface area (Å²) in [5.74, 6) is 2.35. The van der Waals surface area contributed by atoms with E-state index in [9.17, 15) is 19.5 Å². The first-order valence-corrected chi connectivity index (χ1v) is 20.3. The van der Waals surface area contributed by atoms with Gasteiger partial charge in [0.25, 0.3) is 5.91 Å². The summed E-state index contributed by atoms with van der Waals surface area (Å²) in [6, 6.07) is 21.1. The molecule has 0 radical (unpaired) electrons. The van der Waals surface area contributed by atoms with Crippen molar-refractivity contribution < 1.29 is 19.5 Å². The number of nitrogens with one attached hydrogen (secondary N) is 1. The molecule has 3 atom stereocenters. The molecule has 2 N–H and O–H groups in total. The molecule has 3 amide bonds. The number of phenols is 1. The lowest BCUT2D eigenvalue weighted by atomic mass is 9.66. The Morgan fingerprint density at radius 3 is 2.19 bits per heavy atom. The van der Waals surface area contributed by atoms with Crippen LogP contribution in [0.25, 0.3) is 0 Å². The molecular formula is C44H53N5O4. The van der Waals surface area contributed by atoms with Crippen LogP contribution >= 0.6 is 0 Å². The van der Waals surface area contributed by atoms with Crippen molar-refractivity contribution in [2.24, 2.45) is 17.8 Å². The Bertz CT molecular complexity index is 1860. The number of nitrogens with zero attached hydrogens (tertiary/aromatic N) is 4. The Balaban J connectivity index is 0.766. The van der Waals surface area contributed by atoms with Crippen molar-refractivity contribution in [2.75, 3.05) is 55.6 Å². The second-order valence-corrected chi connectivity index (χ2v) is 16.7. The summed E-state index contributed by atoms with van der Waals surface area (Å²) in [5, 5.41) is 12.6. The Kier molecular flexibility index (Phi) is 9.39. The van der Waals surface area contributed by atoms with E-state index in [-0.39, 0.29) is 24.1 Å². The number of fused-ring (bicyclic) bond motifs is 2. The smallest absolute Gasteiger partial charge is 0.255 e. The van der Waals surface area contributed by atoms with E-state index >= 15 is 0 Å². The lowest BCUT2D eigenvalue weighted by Crippen LogP contribution is -2.52. The van der Waals surface area contributed by atoms with E-state index in [4.69, 9.17) is 0 Å². The number of piperazine rings is 1. The highest BCUT2D eigenvalue weighted by Crippen LogP contribution is 2.47. The first kappa shape index (κ1) is 34.4. The monoisotopic (exact) mass is 715 g/mol. The maximum Gasteiger partial charge on any atom is 0.255 e. The molecule has 0 unspecified atom stereocenters. The number of amides is 3. The van der Waals surface area contributed by atoms with Crippen molar-refractivity contribution in [3.8, 4) is 5.75 Å². The molecule has 0 spiro atoms. The number of phenolic OH excluding ortho intramolecular Hbond substituents is 1. The molecule has 9 rings (SSSR count). The van der Waals surface area contributed by atoms with Gasteiger partial charge in [-0.05, 0) is 121 Å². The van der Waals surface area contributed by atoms with Crippen molar-refractivity contribution in [1.82, 2.24) is 15.1 Å². The van der Waals surface area contributed by atoms with Gasteiger partial charge < -0.3 is 19.8 Å². The van der Waals surface area contributed by atoms with Gasteiger partial charge in [-0.1, -0.05) is 37.5 Å². The van der Waals surface area contributed by atoms with Gasteiger partial charge in [0.15, 0.2) is 0 Å². The molecule has 53 heavy (non-hydrogen) atoms. The van der Waals surface area contributed by atoms with Crippen molar-refractivity contribution in [3.63, 3.8) is 0 Å². The first-order valence-electron chi connectivity index (χ1n) is 20.3. The summed E-state index contributed by atoms with van der Waals surface area (Å²) in [6.07, 6.45) is 10.9. The van der Waals surface area contributed by atoms with E-state index in [1.165, 1.54) is 67.3 Å². The van der Waals surface area contributed by atoms with Crippen LogP contribution in [0.1, 0.15) is 96.3 Å². The molecule has 9 heteroatoms. The maximum atomic E-state index is 13.1. The van der Waals surface area contributed by atoms with E-state index in [0.29, 0.717) is 42.0 Å². The summed E-state index contributed by atoms with van der Waals surface area (Å²) in [4.78, 5) is 46.5. The number of hydrogen-bond acceptors (Lipinski definition) is 7. The highest BCUT2D eigenvalue weighted by molar-refractivity contribution is 6.05. The Labute approximate surface area is 313 Å². The van der Waals surface area contributed by atoms with Crippen LogP contribution in [0.5, 0.6) is 5.75 Å². The molecule has 3 aromatic carbocycles. The number of imide groups is 1. The Morgan fingerprint density at radius 1 is 0.698 bits per heavy atom. The van der Waals surface area contributed by atoms with E-state index in [1.54, 1.807) is 4.90 Å². The fraction of sp³-hybridized carbons (Fsp3) is 0.523. The summed E-state index contributed by atoms with van der Waals surface area (Å²) in [7, 11) is 0. The maximum absolute atomic E-state index is 13.1. The molecule has 1 saturated carbocycles. The van der Waals surface area contributed by atoms with Gasteiger partial charge in [0, 0.05) is 81.6 Å². The van der Waals surface area contributed by atoms with Crippen LogP contribution in [0, 0.1) is 17.8 Å². The average molecular weight is 716 g/mol. The lowest BCUT2D eigenvalue weighted by molar-refractivity contribution is -0.136. The van der Waals surface area contributed by atoms with E-state index in [1.807, 2.05) is 18.2 Å². The minimum absolute atomic E-state index is 0.116. The number of anilines is 2. The predicted molar refractivity (Wildman–Crippen MR) is 206 cm³/mol. The largest absolute Gasteiger partial charge is 0.508 e. The molecular weight excluding hydrogens is 663 g/mol. The fourth-order valence-corrected chi connectivity index (χ4v) is 10.3. The second-order valence-electron chi connectivity index (χ2n) is 16.7. The van der Waals surface area contributed by atoms with Crippen molar-refractivity contribution in [3.05, 3.63) is 88.5 Å². The summed E-state index contributed by atoms with van der Waals surface area (Å²) in [6.45, 7) is 7.76. The number of rotatable bonds is 8. The third-order valence-corrected chi connectivity index (χ3v) is 13.6. The van der Waals surface area contributed by atoms with Crippen molar-refractivity contribution in [2.45, 2.75) is 82.7 Å². The van der Waals surface area contributed by atoms with Gasteiger partial charge >= 0.3 is 0 Å². The van der Waals surface area contributed by atoms with Gasteiger partial charge in [-0.3, -0.25) is 24.6 Å². The van der Waals surface area contributed by atoms with Gasteiger partial charge in [0.1, 0.15) is 11.8 Å². The molecule has 9 nitrogen and oxygen atoms in total. The average Bonchev–Trinajstić information content (AvgIpc) is 3.48. The molecule has 4 fully saturated rings. The number of aromatic hydroxyl groups is 1. The van der Waals surface area contributed by atoms with Crippen LogP contribution < -0.4 is 15.1 Å². The minimum atomic E-state index is -0.580. The normalized spacial score (nSPS) is 25.6. The number of benzene rings is 3. The first-order chi connectivity index (χ1) is 25.9. The van der Waals surface area contributed by atoms with Crippen molar-refractivity contribution >= 4 is 29.1 Å². The van der Waals surface area contributed by atoms with E-state index < -0.39 is 6.04 Å².